The van der Waals surface area contributed by atoms with Gasteiger partial charge in [0.15, 0.2) is 0 Å². The molecule has 0 saturated carbocycles. The van der Waals surface area contributed by atoms with Crippen LogP contribution in [-0.4, -0.2) is 11.6 Å². The van der Waals surface area contributed by atoms with Gasteiger partial charge in [0.1, 0.15) is 0 Å². The number of hydrogen-bond donors (Lipinski definition) is 0. The maximum absolute atomic E-state index is 2.47. The summed E-state index contributed by atoms with van der Waals surface area (Å²) in [5, 5.41) is 3.81. The van der Waals surface area contributed by atoms with E-state index in [0.29, 0.717) is 0 Å². The number of fused-ring (bicyclic) bond motifs is 9. The largest absolute Gasteiger partial charge is 0.344 e. The monoisotopic (exact) mass is 422 g/mol. The van der Waals surface area contributed by atoms with E-state index in [1.807, 2.05) is 0 Å². The van der Waals surface area contributed by atoms with Crippen LogP contribution in [0, 0.1) is 0 Å². The van der Waals surface area contributed by atoms with Crippen molar-refractivity contribution in [3.63, 3.8) is 0 Å². The molecular formula is C31H22N2. The van der Waals surface area contributed by atoms with Crippen LogP contribution in [0.5, 0.6) is 0 Å². The molecule has 6 aromatic rings. The van der Waals surface area contributed by atoms with Gasteiger partial charge in [0, 0.05) is 45.9 Å². The number of para-hydroxylation sites is 3. The Labute approximate surface area is 193 Å². The zero-order valence-corrected chi connectivity index (χ0v) is 18.4. The molecule has 2 heterocycles. The van der Waals surface area contributed by atoms with Crippen LogP contribution in [-0.2, 0) is 0 Å². The molecule has 2 nitrogen and oxygen atoms in total. The maximum atomic E-state index is 2.47. The van der Waals surface area contributed by atoms with Crippen molar-refractivity contribution in [1.82, 2.24) is 4.57 Å². The molecule has 156 valence electrons. The standard InChI is InChI=1S/C31H22N2/c1-32-27-17-9-7-15-24(27)29-26-20-19-21-11-5-6-14-23(21)30(26)33(22-12-3-2-4-13-22)31(29)25-16-8-10-18-28(25)32/h2-20H,1H3. The summed E-state index contributed by atoms with van der Waals surface area (Å²) in [6.07, 6.45) is 0. The highest BCUT2D eigenvalue weighted by Crippen LogP contribution is 2.52. The number of nitrogens with zero attached hydrogens (tertiary/aromatic N) is 2. The Morgan fingerprint density at radius 2 is 1.15 bits per heavy atom. The van der Waals surface area contributed by atoms with E-state index < -0.39 is 0 Å². The van der Waals surface area contributed by atoms with Crippen molar-refractivity contribution in [3.8, 4) is 28.1 Å². The predicted octanol–water partition coefficient (Wildman–Crippen LogP) is 8.20. The second-order valence-corrected chi connectivity index (χ2v) is 8.67. The summed E-state index contributed by atoms with van der Waals surface area (Å²) < 4.78 is 2.47. The Hall–Kier alpha value is -4.30. The Bertz CT molecular complexity index is 1670. The van der Waals surface area contributed by atoms with Gasteiger partial charge in [0.25, 0.3) is 0 Å². The van der Waals surface area contributed by atoms with Gasteiger partial charge in [-0.05, 0) is 29.7 Å². The van der Waals surface area contributed by atoms with Gasteiger partial charge in [-0.2, -0.15) is 0 Å². The average molecular weight is 423 g/mol. The summed E-state index contributed by atoms with van der Waals surface area (Å²) in [6, 6.07) is 41.6. The van der Waals surface area contributed by atoms with Crippen molar-refractivity contribution in [2.45, 2.75) is 0 Å². The van der Waals surface area contributed by atoms with E-state index in [9.17, 15) is 0 Å². The second kappa shape index (κ2) is 6.85. The number of hydrogen-bond acceptors (Lipinski definition) is 1. The van der Waals surface area contributed by atoms with Crippen LogP contribution in [0.25, 0.3) is 49.7 Å². The van der Waals surface area contributed by atoms with Gasteiger partial charge < -0.3 is 9.47 Å². The van der Waals surface area contributed by atoms with E-state index in [4.69, 9.17) is 0 Å². The predicted molar refractivity (Wildman–Crippen MR) is 140 cm³/mol. The SMILES string of the molecule is CN1c2ccccc2-c2c(n(-c3ccccc3)c3c2ccc2ccccc23)-c2ccccc21. The number of anilines is 2. The molecule has 0 fully saturated rings. The summed E-state index contributed by atoms with van der Waals surface area (Å²) in [4.78, 5) is 2.33. The fourth-order valence-corrected chi connectivity index (χ4v) is 5.49. The van der Waals surface area contributed by atoms with Crippen LogP contribution >= 0.6 is 0 Å². The van der Waals surface area contributed by atoms with E-state index in [-0.39, 0.29) is 0 Å². The Morgan fingerprint density at radius 1 is 0.515 bits per heavy atom. The lowest BCUT2D eigenvalue weighted by Gasteiger charge is -2.22. The first-order valence-corrected chi connectivity index (χ1v) is 11.4. The fourth-order valence-electron chi connectivity index (χ4n) is 5.49. The molecule has 1 aliphatic rings. The third-order valence-electron chi connectivity index (χ3n) is 6.92. The minimum absolute atomic E-state index is 1.18. The Kier molecular flexibility index (Phi) is 3.80. The van der Waals surface area contributed by atoms with Crippen molar-refractivity contribution in [2.24, 2.45) is 0 Å². The maximum Gasteiger partial charge on any atom is 0.0641 e. The van der Waals surface area contributed by atoms with Crippen molar-refractivity contribution in [2.75, 3.05) is 11.9 Å². The number of rotatable bonds is 1. The molecule has 1 aliphatic heterocycles. The van der Waals surface area contributed by atoms with Crippen molar-refractivity contribution >= 4 is 33.1 Å². The van der Waals surface area contributed by atoms with Crippen LogP contribution < -0.4 is 4.90 Å². The lowest BCUT2D eigenvalue weighted by Crippen LogP contribution is -2.10. The van der Waals surface area contributed by atoms with Gasteiger partial charge in [-0.1, -0.05) is 91.0 Å². The van der Waals surface area contributed by atoms with Crippen LogP contribution in [0.2, 0.25) is 0 Å². The molecule has 0 N–H and O–H groups in total. The van der Waals surface area contributed by atoms with Gasteiger partial charge in [-0.15, -0.1) is 0 Å². The van der Waals surface area contributed by atoms with E-state index in [0.717, 1.165) is 0 Å². The highest BCUT2D eigenvalue weighted by atomic mass is 15.1. The Balaban J connectivity index is 1.79. The molecule has 0 amide bonds. The van der Waals surface area contributed by atoms with E-state index in [2.05, 4.69) is 132 Å². The smallest absolute Gasteiger partial charge is 0.0641 e. The van der Waals surface area contributed by atoms with Crippen molar-refractivity contribution < 1.29 is 0 Å². The van der Waals surface area contributed by atoms with Crippen LogP contribution in [0.3, 0.4) is 0 Å². The van der Waals surface area contributed by atoms with Crippen molar-refractivity contribution in [1.29, 1.82) is 0 Å². The molecule has 0 aliphatic carbocycles. The second-order valence-electron chi connectivity index (χ2n) is 8.67. The average Bonchev–Trinajstić information content (AvgIpc) is 3.19. The molecule has 0 spiro atoms. The third-order valence-corrected chi connectivity index (χ3v) is 6.92. The topological polar surface area (TPSA) is 8.17 Å². The third kappa shape index (κ3) is 2.49. The molecule has 7 rings (SSSR count). The lowest BCUT2D eigenvalue weighted by atomic mass is 9.97. The molecule has 0 saturated heterocycles. The number of benzene rings is 5. The number of aromatic nitrogens is 1. The normalized spacial score (nSPS) is 12.3. The summed E-state index contributed by atoms with van der Waals surface area (Å²) in [5.74, 6) is 0. The zero-order chi connectivity index (χ0) is 21.9. The molecule has 5 aromatic carbocycles. The molecule has 0 bridgehead atoms. The van der Waals surface area contributed by atoms with Crippen LogP contribution in [0.15, 0.2) is 115 Å². The molecule has 1 aromatic heterocycles. The minimum atomic E-state index is 1.18. The molecule has 0 atom stereocenters. The zero-order valence-electron chi connectivity index (χ0n) is 18.4. The first-order chi connectivity index (χ1) is 16.3. The van der Waals surface area contributed by atoms with Crippen molar-refractivity contribution in [3.05, 3.63) is 115 Å². The summed E-state index contributed by atoms with van der Waals surface area (Å²) in [7, 11) is 2.17. The van der Waals surface area contributed by atoms with Crippen LogP contribution in [0.1, 0.15) is 0 Å². The summed E-state index contributed by atoms with van der Waals surface area (Å²) in [5.41, 5.74) is 9.94. The summed E-state index contributed by atoms with van der Waals surface area (Å²) >= 11 is 0. The summed E-state index contributed by atoms with van der Waals surface area (Å²) in [6.45, 7) is 0. The molecule has 33 heavy (non-hydrogen) atoms. The highest BCUT2D eigenvalue weighted by Gasteiger charge is 2.29. The van der Waals surface area contributed by atoms with Gasteiger partial charge >= 0.3 is 0 Å². The molecule has 0 radical (unpaired) electrons. The Morgan fingerprint density at radius 3 is 1.97 bits per heavy atom. The first-order valence-electron chi connectivity index (χ1n) is 11.4. The van der Waals surface area contributed by atoms with Gasteiger partial charge in [-0.25, -0.2) is 0 Å². The molecule has 0 unspecified atom stereocenters. The van der Waals surface area contributed by atoms with E-state index in [1.165, 1.54) is 61.1 Å². The molecule has 2 heteroatoms. The van der Waals surface area contributed by atoms with Gasteiger partial charge in [0.2, 0.25) is 0 Å². The van der Waals surface area contributed by atoms with Gasteiger partial charge in [0.05, 0.1) is 16.9 Å². The van der Waals surface area contributed by atoms with E-state index >= 15 is 0 Å². The quantitative estimate of drug-likeness (QED) is 0.259. The van der Waals surface area contributed by atoms with E-state index in [1.54, 1.807) is 0 Å². The van der Waals surface area contributed by atoms with Crippen LogP contribution in [0.4, 0.5) is 11.4 Å². The fraction of sp³-hybridized carbons (Fsp3) is 0.0323. The first kappa shape index (κ1) is 18.3. The highest BCUT2D eigenvalue weighted by molar-refractivity contribution is 6.18. The lowest BCUT2D eigenvalue weighted by molar-refractivity contribution is 1.14. The van der Waals surface area contributed by atoms with Gasteiger partial charge in [-0.3, -0.25) is 0 Å². The molecular weight excluding hydrogens is 400 g/mol. The minimum Gasteiger partial charge on any atom is -0.344 e.